The second-order valence-electron chi connectivity index (χ2n) is 8.53. The Morgan fingerprint density at radius 1 is 1.15 bits per heavy atom. The molecule has 0 spiro atoms. The van der Waals surface area contributed by atoms with E-state index in [1.807, 2.05) is 19.9 Å². The fourth-order valence-electron chi connectivity index (χ4n) is 3.49. The lowest BCUT2D eigenvalue weighted by molar-refractivity contribution is -0.127. The molecule has 2 rings (SSSR count). The molecule has 1 fully saturated rings. The van der Waals surface area contributed by atoms with Gasteiger partial charge < -0.3 is 10.1 Å². The molecule has 0 aliphatic carbocycles. The minimum atomic E-state index is -4.92. The molecule has 1 aromatic rings. The van der Waals surface area contributed by atoms with Crippen molar-refractivity contribution in [2.45, 2.75) is 52.6 Å². The molecule has 1 saturated heterocycles. The zero-order valence-electron chi connectivity index (χ0n) is 22.4. The van der Waals surface area contributed by atoms with E-state index in [9.17, 15) is 26.7 Å². The lowest BCUT2D eigenvalue weighted by Gasteiger charge is -2.27. The second-order valence-corrected chi connectivity index (χ2v) is 8.53. The molecule has 0 atom stereocenters. The van der Waals surface area contributed by atoms with Crippen molar-refractivity contribution in [2.24, 2.45) is 10.3 Å². The number of oxime groups is 1. The molecule has 0 unspecified atom stereocenters. The molecule has 39 heavy (non-hydrogen) atoms. The average Bonchev–Trinajstić information content (AvgIpc) is 2.91. The maximum absolute atomic E-state index is 13.7. The summed E-state index contributed by atoms with van der Waals surface area (Å²) in [6.45, 7) is 8.31. The quantitative estimate of drug-likeness (QED) is 0.0892. The van der Waals surface area contributed by atoms with E-state index in [1.54, 1.807) is 19.1 Å². The van der Waals surface area contributed by atoms with Crippen molar-refractivity contribution in [1.82, 2.24) is 9.91 Å². The van der Waals surface area contributed by atoms with Gasteiger partial charge in [-0.15, -0.1) is 0 Å². The second kappa shape index (κ2) is 17.0. The van der Waals surface area contributed by atoms with E-state index in [0.29, 0.717) is 30.6 Å². The molecule has 1 heterocycles. The highest BCUT2D eigenvalue weighted by molar-refractivity contribution is 6.12. The Bertz CT molecular complexity index is 1080. The van der Waals surface area contributed by atoms with E-state index in [-0.39, 0.29) is 17.1 Å². The third-order valence-electron chi connectivity index (χ3n) is 5.78. The van der Waals surface area contributed by atoms with Gasteiger partial charge in [0.1, 0.15) is 18.2 Å². The Kier molecular flexibility index (Phi) is 14.5. The van der Waals surface area contributed by atoms with Gasteiger partial charge in [0.2, 0.25) is 0 Å². The highest BCUT2D eigenvalue weighted by atomic mass is 19.4. The van der Waals surface area contributed by atoms with Crippen molar-refractivity contribution < 1.29 is 32.0 Å². The van der Waals surface area contributed by atoms with Crippen LogP contribution in [0.15, 0.2) is 75.8 Å². The molecule has 1 N–H and O–H groups in total. The fraction of sp³-hybridized carbons (Fsp3) is 0.393. The van der Waals surface area contributed by atoms with Crippen molar-refractivity contribution in [1.29, 1.82) is 0 Å². The molecule has 1 amide bonds. The molecule has 214 valence electrons. The number of alkyl halides is 4. The van der Waals surface area contributed by atoms with Gasteiger partial charge in [0.25, 0.3) is 5.91 Å². The normalized spacial score (nSPS) is 15.4. The van der Waals surface area contributed by atoms with Gasteiger partial charge in [-0.3, -0.25) is 4.79 Å². The number of amides is 1. The summed E-state index contributed by atoms with van der Waals surface area (Å²) in [6, 6.07) is 5.10. The average molecular weight is 555 g/mol. The fourth-order valence-corrected chi connectivity index (χ4v) is 3.49. The first-order valence-electron chi connectivity index (χ1n) is 12.4. The summed E-state index contributed by atoms with van der Waals surface area (Å²) in [5, 5.41) is 15.2. The number of hydrazone groups is 1. The number of piperidine rings is 1. The molecule has 11 heteroatoms. The molecule has 1 aliphatic heterocycles. The molecule has 0 radical (unpaired) electrons. The summed E-state index contributed by atoms with van der Waals surface area (Å²) >= 11 is 0. The summed E-state index contributed by atoms with van der Waals surface area (Å²) in [7, 11) is 0. The van der Waals surface area contributed by atoms with Crippen LogP contribution in [0.25, 0.3) is 0 Å². The van der Waals surface area contributed by atoms with Crippen molar-refractivity contribution >= 4 is 18.8 Å². The van der Waals surface area contributed by atoms with Crippen molar-refractivity contribution in [3.8, 4) is 0 Å². The van der Waals surface area contributed by atoms with Crippen LogP contribution < -0.4 is 0 Å². The van der Waals surface area contributed by atoms with Gasteiger partial charge in [-0.05, 0) is 75.0 Å². The van der Waals surface area contributed by atoms with Crippen LogP contribution in [0.2, 0.25) is 0 Å². The predicted octanol–water partition coefficient (Wildman–Crippen LogP) is 7.01. The van der Waals surface area contributed by atoms with Crippen LogP contribution >= 0.6 is 0 Å². The molecule has 1 aromatic carbocycles. The van der Waals surface area contributed by atoms with Crippen molar-refractivity contribution in [3.05, 3.63) is 82.5 Å². The first-order chi connectivity index (χ1) is 18.5. The van der Waals surface area contributed by atoms with Gasteiger partial charge in [0.15, 0.2) is 0 Å². The number of likely N-dealkylation sites (tertiary alicyclic amines) is 1. The Morgan fingerprint density at radius 3 is 2.31 bits per heavy atom. The zero-order valence-corrected chi connectivity index (χ0v) is 22.4. The van der Waals surface area contributed by atoms with Crippen LogP contribution in [0.1, 0.15) is 43.7 Å². The zero-order chi connectivity index (χ0) is 29.4. The van der Waals surface area contributed by atoms with Gasteiger partial charge in [0.05, 0.1) is 17.5 Å². The Hall–Kier alpha value is -3.76. The SMILES string of the molecule is C=NN(/C(=C/C=C\CC)CF)/C(=C/C=C(/C=N\O)C(=O)N1CCCCC1)C(F)(F)F.Cc1cccc(F)c1C. The molecule has 6 nitrogen and oxygen atoms in total. The van der Waals surface area contributed by atoms with E-state index in [2.05, 4.69) is 17.0 Å². The van der Waals surface area contributed by atoms with Gasteiger partial charge in [0, 0.05) is 19.8 Å². The van der Waals surface area contributed by atoms with Crippen LogP contribution in [0.5, 0.6) is 0 Å². The van der Waals surface area contributed by atoms with Gasteiger partial charge in [-0.1, -0.05) is 36.4 Å². The summed E-state index contributed by atoms with van der Waals surface area (Å²) in [5.74, 6) is -0.675. The lowest BCUT2D eigenvalue weighted by atomic mass is 10.1. The molecule has 0 saturated carbocycles. The molecular weight excluding hydrogens is 519 g/mol. The summed E-state index contributed by atoms with van der Waals surface area (Å²) < 4.78 is 67.0. The third-order valence-corrected chi connectivity index (χ3v) is 5.78. The van der Waals surface area contributed by atoms with E-state index < -0.39 is 24.5 Å². The number of hydrogen-bond acceptors (Lipinski definition) is 5. The maximum atomic E-state index is 13.7. The first-order valence-corrected chi connectivity index (χ1v) is 12.4. The standard InChI is InChI=1S/C20H26F4N4O2.C8H9F/c1-3-4-6-9-17(14-21)28(25-2)18(20(22,23)24)11-10-16(15-26-30)19(29)27-12-7-5-8-13-27;1-6-4-3-5-8(9)7(6)2/h4,6,9-11,15,30H,2-3,5,7-8,12-14H2,1H3;3-5H,1-2H3/b6-4-,16-10-,17-9+,18-11+,26-15-;. The molecular formula is C28H35F5N4O2. The molecule has 0 aromatic heterocycles. The number of halogens is 5. The number of aryl methyl sites for hydroxylation is 1. The number of hydrogen-bond donors (Lipinski definition) is 1. The monoisotopic (exact) mass is 554 g/mol. The van der Waals surface area contributed by atoms with Crippen molar-refractivity contribution in [2.75, 3.05) is 19.8 Å². The van der Waals surface area contributed by atoms with Crippen molar-refractivity contribution in [3.63, 3.8) is 0 Å². The summed E-state index contributed by atoms with van der Waals surface area (Å²) in [4.78, 5) is 14.0. The topological polar surface area (TPSA) is 68.5 Å². The summed E-state index contributed by atoms with van der Waals surface area (Å²) in [5.41, 5.74) is -0.220. The number of benzene rings is 1. The van der Waals surface area contributed by atoms with Crippen LogP contribution in [-0.2, 0) is 4.79 Å². The minimum Gasteiger partial charge on any atom is -0.411 e. The first kappa shape index (κ1) is 33.3. The third kappa shape index (κ3) is 10.9. The number of allylic oxidation sites excluding steroid dienone is 7. The molecule has 0 bridgehead atoms. The number of rotatable bonds is 9. The summed E-state index contributed by atoms with van der Waals surface area (Å²) in [6.07, 6.45) is 4.66. The van der Waals surface area contributed by atoms with E-state index in [4.69, 9.17) is 5.21 Å². The van der Waals surface area contributed by atoms with Crippen LogP contribution in [-0.4, -0.2) is 59.9 Å². The number of carbonyl (C=O) groups excluding carboxylic acids is 1. The Morgan fingerprint density at radius 2 is 1.82 bits per heavy atom. The maximum Gasteiger partial charge on any atom is 0.433 e. The van der Waals surface area contributed by atoms with Gasteiger partial charge >= 0.3 is 6.18 Å². The van der Waals surface area contributed by atoms with Gasteiger partial charge in [-0.2, -0.15) is 18.3 Å². The Labute approximate surface area is 226 Å². The predicted molar refractivity (Wildman–Crippen MR) is 144 cm³/mol. The number of nitrogens with zero attached hydrogens (tertiary/aromatic N) is 4. The van der Waals surface area contributed by atoms with Crippen LogP contribution in [0, 0.1) is 19.7 Å². The smallest absolute Gasteiger partial charge is 0.411 e. The number of carbonyl (C=O) groups is 1. The largest absolute Gasteiger partial charge is 0.433 e. The highest BCUT2D eigenvalue weighted by Crippen LogP contribution is 2.32. The van der Waals surface area contributed by atoms with Gasteiger partial charge in [-0.25, -0.2) is 13.8 Å². The van der Waals surface area contributed by atoms with E-state index in [1.165, 1.54) is 17.0 Å². The van der Waals surface area contributed by atoms with E-state index in [0.717, 1.165) is 48.8 Å². The van der Waals surface area contributed by atoms with Crippen LogP contribution in [0.3, 0.4) is 0 Å². The highest BCUT2D eigenvalue weighted by Gasteiger charge is 2.39. The minimum absolute atomic E-state index is 0.116. The Balaban J connectivity index is 0.000000708. The van der Waals surface area contributed by atoms with Crippen LogP contribution in [0.4, 0.5) is 22.0 Å². The lowest BCUT2D eigenvalue weighted by Crippen LogP contribution is -2.36. The van der Waals surface area contributed by atoms with E-state index >= 15 is 0 Å². The molecule has 1 aliphatic rings.